The molecule has 2 amide bonds. The Morgan fingerprint density at radius 3 is 2.47 bits per heavy atom. The summed E-state index contributed by atoms with van der Waals surface area (Å²) >= 11 is 0. The van der Waals surface area contributed by atoms with Crippen LogP contribution in [-0.2, 0) is 9.59 Å². The second-order valence-electron chi connectivity index (χ2n) is 3.19. The van der Waals surface area contributed by atoms with Crippen molar-refractivity contribution in [1.82, 2.24) is 5.32 Å². The number of carbonyl (C=O) groups excluding carboxylic acids is 2. The molecule has 0 heterocycles. The maximum Gasteiger partial charge on any atom is 0.239 e. The Morgan fingerprint density at radius 1 is 1.33 bits per heavy atom. The fourth-order valence-electron chi connectivity index (χ4n) is 1.03. The standard InChI is InChI=1S/C11H13N2O2/c1-8(11(12)15)13-10(14)7-9-5-3-2-4-6-9/h2-8H,1H3,(H2,12,15)(H,13,14). The molecule has 0 aliphatic heterocycles. The molecule has 1 atom stereocenters. The van der Waals surface area contributed by atoms with E-state index in [-0.39, 0.29) is 5.91 Å². The molecule has 0 spiro atoms. The lowest BCUT2D eigenvalue weighted by Crippen LogP contribution is -2.42. The van der Waals surface area contributed by atoms with Gasteiger partial charge in [-0.1, -0.05) is 30.3 Å². The Hall–Kier alpha value is -1.84. The SMILES string of the molecule is CC(NC(=O)[CH]c1ccccc1)C(N)=O. The van der Waals surface area contributed by atoms with Gasteiger partial charge in [0, 0.05) is 0 Å². The molecule has 0 saturated carbocycles. The van der Waals surface area contributed by atoms with Crippen LogP contribution in [-0.4, -0.2) is 17.9 Å². The Morgan fingerprint density at radius 2 is 1.93 bits per heavy atom. The lowest BCUT2D eigenvalue weighted by molar-refractivity contribution is -0.125. The van der Waals surface area contributed by atoms with E-state index in [4.69, 9.17) is 5.73 Å². The van der Waals surface area contributed by atoms with Crippen LogP contribution in [0.1, 0.15) is 12.5 Å². The summed E-state index contributed by atoms with van der Waals surface area (Å²) in [6.07, 6.45) is 1.42. The second kappa shape index (κ2) is 5.14. The van der Waals surface area contributed by atoms with Crippen molar-refractivity contribution >= 4 is 11.8 Å². The van der Waals surface area contributed by atoms with Crippen molar-refractivity contribution in [3.8, 4) is 0 Å². The average Bonchev–Trinajstić information content (AvgIpc) is 2.18. The van der Waals surface area contributed by atoms with Gasteiger partial charge in [-0.3, -0.25) is 9.59 Å². The van der Waals surface area contributed by atoms with Crippen molar-refractivity contribution in [2.45, 2.75) is 13.0 Å². The third kappa shape index (κ3) is 3.81. The van der Waals surface area contributed by atoms with E-state index in [2.05, 4.69) is 5.32 Å². The first-order valence-electron chi connectivity index (χ1n) is 4.59. The van der Waals surface area contributed by atoms with E-state index < -0.39 is 11.9 Å². The molecular weight excluding hydrogens is 192 g/mol. The number of nitrogens with one attached hydrogen (secondary N) is 1. The van der Waals surface area contributed by atoms with Gasteiger partial charge in [-0.2, -0.15) is 0 Å². The van der Waals surface area contributed by atoms with Crippen molar-refractivity contribution in [3.05, 3.63) is 42.3 Å². The molecule has 4 nitrogen and oxygen atoms in total. The van der Waals surface area contributed by atoms with E-state index in [1.54, 1.807) is 19.1 Å². The van der Waals surface area contributed by atoms with Crippen LogP contribution in [0.2, 0.25) is 0 Å². The molecule has 1 aromatic carbocycles. The van der Waals surface area contributed by atoms with Gasteiger partial charge in [0.25, 0.3) is 0 Å². The fourth-order valence-corrected chi connectivity index (χ4v) is 1.03. The summed E-state index contributed by atoms with van der Waals surface area (Å²) in [6, 6.07) is 8.47. The molecule has 0 aliphatic carbocycles. The summed E-state index contributed by atoms with van der Waals surface area (Å²) in [5.41, 5.74) is 5.79. The third-order valence-corrected chi connectivity index (χ3v) is 1.88. The molecule has 3 N–H and O–H groups in total. The van der Waals surface area contributed by atoms with E-state index in [1.165, 1.54) is 6.42 Å². The summed E-state index contributed by atoms with van der Waals surface area (Å²) in [7, 11) is 0. The van der Waals surface area contributed by atoms with Gasteiger partial charge < -0.3 is 11.1 Å². The number of primary amides is 1. The van der Waals surface area contributed by atoms with Crippen LogP contribution in [0.25, 0.3) is 0 Å². The van der Waals surface area contributed by atoms with Crippen LogP contribution >= 0.6 is 0 Å². The zero-order chi connectivity index (χ0) is 11.3. The number of benzene rings is 1. The molecule has 0 aromatic heterocycles. The molecule has 1 radical (unpaired) electrons. The van der Waals surface area contributed by atoms with Crippen molar-refractivity contribution in [3.63, 3.8) is 0 Å². The van der Waals surface area contributed by atoms with Crippen molar-refractivity contribution in [1.29, 1.82) is 0 Å². The topological polar surface area (TPSA) is 72.2 Å². The van der Waals surface area contributed by atoms with Gasteiger partial charge in [-0.25, -0.2) is 0 Å². The summed E-state index contributed by atoms with van der Waals surface area (Å²) in [4.78, 5) is 22.0. The van der Waals surface area contributed by atoms with Crippen LogP contribution < -0.4 is 11.1 Å². The first-order chi connectivity index (χ1) is 7.09. The number of nitrogens with two attached hydrogens (primary N) is 1. The minimum Gasteiger partial charge on any atom is -0.368 e. The predicted octanol–water partition coefficient (Wildman–Crippen LogP) is 0.229. The van der Waals surface area contributed by atoms with E-state index >= 15 is 0 Å². The van der Waals surface area contributed by atoms with Gasteiger partial charge in [-0.05, 0) is 12.5 Å². The quantitative estimate of drug-likeness (QED) is 0.738. The average molecular weight is 205 g/mol. The highest BCUT2D eigenvalue weighted by Gasteiger charge is 2.12. The van der Waals surface area contributed by atoms with Crippen molar-refractivity contribution in [2.24, 2.45) is 5.73 Å². The maximum atomic E-state index is 11.4. The van der Waals surface area contributed by atoms with Crippen LogP contribution in [0.15, 0.2) is 30.3 Å². The molecule has 79 valence electrons. The van der Waals surface area contributed by atoms with Gasteiger partial charge in [0.2, 0.25) is 11.8 Å². The number of amides is 2. The molecule has 1 rings (SSSR count). The summed E-state index contributed by atoms with van der Waals surface area (Å²) in [5.74, 6) is -0.877. The number of hydrogen-bond acceptors (Lipinski definition) is 2. The summed E-state index contributed by atoms with van der Waals surface area (Å²) in [5, 5.41) is 2.46. The number of hydrogen-bond donors (Lipinski definition) is 2. The lowest BCUT2D eigenvalue weighted by atomic mass is 10.1. The predicted molar refractivity (Wildman–Crippen MR) is 56.6 cm³/mol. The Bertz CT molecular complexity index is 349. The summed E-state index contributed by atoms with van der Waals surface area (Å²) in [6.45, 7) is 1.54. The van der Waals surface area contributed by atoms with Crippen LogP contribution in [0.3, 0.4) is 0 Å². The highest BCUT2D eigenvalue weighted by atomic mass is 16.2. The zero-order valence-electron chi connectivity index (χ0n) is 8.44. The van der Waals surface area contributed by atoms with E-state index in [1.807, 2.05) is 18.2 Å². The molecule has 15 heavy (non-hydrogen) atoms. The van der Waals surface area contributed by atoms with Crippen LogP contribution in [0, 0.1) is 6.42 Å². The van der Waals surface area contributed by atoms with Gasteiger partial charge in [-0.15, -0.1) is 0 Å². The Labute approximate surface area is 88.5 Å². The van der Waals surface area contributed by atoms with E-state index in [0.29, 0.717) is 0 Å². The molecular formula is C11H13N2O2. The highest BCUT2D eigenvalue weighted by Crippen LogP contribution is 2.01. The molecule has 0 bridgehead atoms. The Kier molecular flexibility index (Phi) is 3.85. The van der Waals surface area contributed by atoms with Gasteiger partial charge in [0.1, 0.15) is 6.04 Å². The first kappa shape index (κ1) is 11.2. The molecule has 0 aliphatic rings. The van der Waals surface area contributed by atoms with Crippen molar-refractivity contribution < 1.29 is 9.59 Å². The number of carbonyl (C=O) groups is 2. The van der Waals surface area contributed by atoms with E-state index in [9.17, 15) is 9.59 Å². The van der Waals surface area contributed by atoms with Gasteiger partial charge in [0.05, 0.1) is 6.42 Å². The normalized spacial score (nSPS) is 11.8. The minimum absolute atomic E-state index is 0.326. The first-order valence-corrected chi connectivity index (χ1v) is 4.59. The van der Waals surface area contributed by atoms with Gasteiger partial charge >= 0.3 is 0 Å². The Balaban J connectivity index is 2.47. The molecule has 0 saturated heterocycles. The second-order valence-corrected chi connectivity index (χ2v) is 3.19. The van der Waals surface area contributed by atoms with Crippen LogP contribution in [0.4, 0.5) is 0 Å². The zero-order valence-corrected chi connectivity index (χ0v) is 8.44. The van der Waals surface area contributed by atoms with Gasteiger partial charge in [0.15, 0.2) is 0 Å². The monoisotopic (exact) mass is 205 g/mol. The third-order valence-electron chi connectivity index (χ3n) is 1.88. The van der Waals surface area contributed by atoms with E-state index in [0.717, 1.165) is 5.56 Å². The minimum atomic E-state index is -0.655. The molecule has 0 fully saturated rings. The fraction of sp³-hybridized carbons (Fsp3) is 0.182. The largest absolute Gasteiger partial charge is 0.368 e. The lowest BCUT2D eigenvalue weighted by Gasteiger charge is -2.09. The smallest absolute Gasteiger partial charge is 0.239 e. The maximum absolute atomic E-state index is 11.4. The molecule has 4 heteroatoms. The van der Waals surface area contributed by atoms with Crippen molar-refractivity contribution in [2.75, 3.05) is 0 Å². The number of rotatable bonds is 4. The molecule has 1 unspecified atom stereocenters. The highest BCUT2D eigenvalue weighted by molar-refractivity contribution is 5.92. The molecule has 1 aromatic rings. The summed E-state index contributed by atoms with van der Waals surface area (Å²) < 4.78 is 0. The van der Waals surface area contributed by atoms with Crippen LogP contribution in [0.5, 0.6) is 0 Å².